The molecule has 9 nitrogen and oxygen atoms in total. The van der Waals surface area contributed by atoms with Crippen LogP contribution in [0.2, 0.25) is 0 Å². The molecule has 0 saturated carbocycles. The number of methoxy groups -OCH3 is 1. The summed E-state index contributed by atoms with van der Waals surface area (Å²) in [6.07, 6.45) is 0.350. The lowest BCUT2D eigenvalue weighted by atomic mass is 10.1. The van der Waals surface area contributed by atoms with E-state index < -0.39 is 12.1 Å². The zero-order valence-corrected chi connectivity index (χ0v) is 17.1. The number of urea groups is 1. The lowest BCUT2D eigenvalue weighted by Crippen LogP contribution is -2.32. The van der Waals surface area contributed by atoms with E-state index in [0.717, 1.165) is 16.6 Å². The van der Waals surface area contributed by atoms with Gasteiger partial charge in [-0.15, -0.1) is 0 Å². The van der Waals surface area contributed by atoms with Crippen LogP contribution >= 0.6 is 0 Å². The fourth-order valence-corrected chi connectivity index (χ4v) is 3.47. The minimum Gasteiger partial charge on any atom is -0.497 e. The van der Waals surface area contributed by atoms with E-state index in [9.17, 15) is 14.4 Å². The summed E-state index contributed by atoms with van der Waals surface area (Å²) in [5, 5.41) is 5.45. The monoisotopic (exact) mass is 421 g/mol. The summed E-state index contributed by atoms with van der Waals surface area (Å²) in [6.45, 7) is 0.436. The molecule has 0 radical (unpaired) electrons. The van der Waals surface area contributed by atoms with Crippen LogP contribution in [0, 0.1) is 0 Å². The highest BCUT2D eigenvalue weighted by atomic mass is 16.5. The van der Waals surface area contributed by atoms with E-state index in [0.29, 0.717) is 11.6 Å². The number of ether oxygens (including phenoxy) is 1. The number of carbonyl (C=O) groups is 3. The molecule has 31 heavy (non-hydrogen) atoms. The van der Waals surface area contributed by atoms with Crippen LogP contribution in [-0.4, -0.2) is 45.9 Å². The number of rotatable bonds is 8. The van der Waals surface area contributed by atoms with E-state index in [4.69, 9.17) is 4.74 Å². The predicted molar refractivity (Wildman–Crippen MR) is 113 cm³/mol. The molecule has 1 aliphatic rings. The van der Waals surface area contributed by atoms with E-state index in [1.54, 1.807) is 31.4 Å². The molecule has 0 bridgehead atoms. The summed E-state index contributed by atoms with van der Waals surface area (Å²) in [6, 6.07) is 13.6. The topological polar surface area (TPSA) is 116 Å². The largest absolute Gasteiger partial charge is 0.497 e. The molecule has 1 atom stereocenters. The summed E-state index contributed by atoms with van der Waals surface area (Å²) in [5.74, 6) is 0.819. The Morgan fingerprint density at radius 1 is 1.16 bits per heavy atom. The molecule has 0 spiro atoms. The third-order valence-electron chi connectivity index (χ3n) is 5.16. The van der Waals surface area contributed by atoms with Gasteiger partial charge in [0.2, 0.25) is 5.91 Å². The van der Waals surface area contributed by atoms with Crippen LogP contribution in [0.4, 0.5) is 4.79 Å². The number of carbonyl (C=O) groups excluding carboxylic acids is 3. The summed E-state index contributed by atoms with van der Waals surface area (Å²) < 4.78 is 5.11. The standard InChI is InChI=1S/C22H23N5O4/c1-31-15-8-6-14(7-9-15)13-27-21(29)18(26-22(27)30)10-11-20(28)23-12-19-24-16-4-2-3-5-17(16)25-19/h2-9,18H,10-13H2,1H3,(H,23,28)(H,24,25)(H,26,30)/t18-/m0/s1. The average Bonchev–Trinajstić information content (AvgIpc) is 3.32. The number of aromatic nitrogens is 2. The molecule has 2 heterocycles. The number of para-hydroxylation sites is 2. The van der Waals surface area contributed by atoms with Gasteiger partial charge in [0.1, 0.15) is 17.6 Å². The zero-order chi connectivity index (χ0) is 21.8. The molecule has 1 saturated heterocycles. The number of hydrogen-bond acceptors (Lipinski definition) is 5. The Labute approximate surface area is 178 Å². The Morgan fingerprint density at radius 3 is 2.68 bits per heavy atom. The highest BCUT2D eigenvalue weighted by Crippen LogP contribution is 2.17. The van der Waals surface area contributed by atoms with Gasteiger partial charge in [-0.2, -0.15) is 0 Å². The number of nitrogens with one attached hydrogen (secondary N) is 3. The Bertz CT molecular complexity index is 1080. The molecular formula is C22H23N5O4. The van der Waals surface area contributed by atoms with Crippen molar-refractivity contribution >= 4 is 28.9 Å². The molecule has 3 N–H and O–H groups in total. The first-order chi connectivity index (χ1) is 15.0. The normalized spacial score (nSPS) is 15.9. The maximum Gasteiger partial charge on any atom is 0.325 e. The Kier molecular flexibility index (Phi) is 5.83. The number of benzene rings is 2. The molecule has 1 aliphatic heterocycles. The molecule has 4 rings (SSSR count). The smallest absolute Gasteiger partial charge is 0.325 e. The van der Waals surface area contributed by atoms with Crippen molar-refractivity contribution in [3.05, 3.63) is 59.9 Å². The first kappa shape index (κ1) is 20.4. The van der Waals surface area contributed by atoms with Crippen molar-refractivity contribution in [2.75, 3.05) is 7.11 Å². The fraction of sp³-hybridized carbons (Fsp3) is 0.273. The van der Waals surface area contributed by atoms with Crippen LogP contribution in [0.5, 0.6) is 5.75 Å². The third kappa shape index (κ3) is 4.66. The molecule has 0 aliphatic carbocycles. The zero-order valence-electron chi connectivity index (χ0n) is 17.1. The Morgan fingerprint density at radius 2 is 1.94 bits per heavy atom. The van der Waals surface area contributed by atoms with Gasteiger partial charge in [0.05, 0.1) is 31.2 Å². The van der Waals surface area contributed by atoms with Crippen molar-refractivity contribution in [3.8, 4) is 5.75 Å². The van der Waals surface area contributed by atoms with Crippen molar-refractivity contribution in [1.29, 1.82) is 0 Å². The van der Waals surface area contributed by atoms with Gasteiger partial charge in [-0.3, -0.25) is 14.5 Å². The number of nitrogens with zero attached hydrogens (tertiary/aromatic N) is 2. The first-order valence-electron chi connectivity index (χ1n) is 9.98. The SMILES string of the molecule is COc1ccc(CN2C(=O)N[C@@H](CCC(=O)NCc3nc4ccccc4[nH]3)C2=O)cc1. The van der Waals surface area contributed by atoms with Crippen LogP contribution in [0.1, 0.15) is 24.2 Å². The number of amides is 4. The number of imidazole rings is 1. The van der Waals surface area contributed by atoms with Crippen molar-refractivity contribution < 1.29 is 19.1 Å². The van der Waals surface area contributed by atoms with Gasteiger partial charge in [0.15, 0.2) is 0 Å². The first-order valence-corrected chi connectivity index (χ1v) is 9.98. The van der Waals surface area contributed by atoms with Crippen LogP contribution < -0.4 is 15.4 Å². The van der Waals surface area contributed by atoms with Crippen LogP contribution in [-0.2, 0) is 22.7 Å². The molecule has 160 valence electrons. The minimum absolute atomic E-state index is 0.118. The van der Waals surface area contributed by atoms with Crippen molar-refractivity contribution in [3.63, 3.8) is 0 Å². The van der Waals surface area contributed by atoms with Crippen molar-refractivity contribution in [2.45, 2.75) is 32.0 Å². The van der Waals surface area contributed by atoms with Gasteiger partial charge >= 0.3 is 6.03 Å². The van der Waals surface area contributed by atoms with Gasteiger partial charge in [-0.1, -0.05) is 24.3 Å². The van der Waals surface area contributed by atoms with E-state index in [1.165, 1.54) is 4.90 Å². The number of imide groups is 1. The second kappa shape index (κ2) is 8.86. The molecule has 0 unspecified atom stereocenters. The lowest BCUT2D eigenvalue weighted by Gasteiger charge is -2.13. The quantitative estimate of drug-likeness (QED) is 0.482. The van der Waals surface area contributed by atoms with E-state index >= 15 is 0 Å². The van der Waals surface area contributed by atoms with Gasteiger partial charge in [-0.05, 0) is 36.2 Å². The van der Waals surface area contributed by atoms with E-state index in [-0.39, 0.29) is 37.7 Å². The van der Waals surface area contributed by atoms with Gasteiger partial charge in [0, 0.05) is 6.42 Å². The second-order valence-corrected chi connectivity index (χ2v) is 7.29. The van der Waals surface area contributed by atoms with Crippen molar-refractivity contribution in [2.24, 2.45) is 0 Å². The molecule has 1 aromatic heterocycles. The number of hydrogen-bond donors (Lipinski definition) is 3. The molecule has 3 aromatic rings. The maximum absolute atomic E-state index is 12.6. The molecule has 9 heteroatoms. The summed E-state index contributed by atoms with van der Waals surface area (Å²) in [7, 11) is 1.57. The number of fused-ring (bicyclic) bond motifs is 1. The molecule has 1 fully saturated rings. The van der Waals surface area contributed by atoms with Crippen LogP contribution in [0.15, 0.2) is 48.5 Å². The van der Waals surface area contributed by atoms with E-state index in [1.807, 2.05) is 24.3 Å². The van der Waals surface area contributed by atoms with Gasteiger partial charge in [0.25, 0.3) is 5.91 Å². The lowest BCUT2D eigenvalue weighted by molar-refractivity contribution is -0.128. The van der Waals surface area contributed by atoms with Gasteiger partial charge in [-0.25, -0.2) is 9.78 Å². The average molecular weight is 421 g/mol. The number of H-pyrrole nitrogens is 1. The van der Waals surface area contributed by atoms with Crippen LogP contribution in [0.3, 0.4) is 0 Å². The molecule has 2 aromatic carbocycles. The van der Waals surface area contributed by atoms with Crippen molar-refractivity contribution in [1.82, 2.24) is 25.5 Å². The molecular weight excluding hydrogens is 398 g/mol. The highest BCUT2D eigenvalue weighted by Gasteiger charge is 2.37. The fourth-order valence-electron chi connectivity index (χ4n) is 3.47. The molecule has 4 amide bonds. The second-order valence-electron chi connectivity index (χ2n) is 7.29. The highest BCUT2D eigenvalue weighted by molar-refractivity contribution is 6.04. The maximum atomic E-state index is 12.6. The minimum atomic E-state index is -0.706. The predicted octanol–water partition coefficient (Wildman–Crippen LogP) is 2.09. The Balaban J connectivity index is 1.26. The number of aromatic amines is 1. The summed E-state index contributed by atoms with van der Waals surface area (Å²) in [5.41, 5.74) is 2.56. The van der Waals surface area contributed by atoms with Gasteiger partial charge < -0.3 is 20.4 Å². The van der Waals surface area contributed by atoms with E-state index in [2.05, 4.69) is 20.6 Å². The Hall–Kier alpha value is -3.88. The van der Waals surface area contributed by atoms with Crippen LogP contribution in [0.25, 0.3) is 11.0 Å². The third-order valence-corrected chi connectivity index (χ3v) is 5.16. The summed E-state index contributed by atoms with van der Waals surface area (Å²) >= 11 is 0. The summed E-state index contributed by atoms with van der Waals surface area (Å²) in [4.78, 5) is 45.8.